The van der Waals surface area contributed by atoms with E-state index >= 15 is 0 Å². The van der Waals surface area contributed by atoms with Crippen molar-refractivity contribution in [3.8, 4) is 0 Å². The second-order valence-electron chi connectivity index (χ2n) is 11.8. The van der Waals surface area contributed by atoms with Gasteiger partial charge in [0.15, 0.2) is 5.54 Å². The molecule has 42 heavy (non-hydrogen) atoms. The van der Waals surface area contributed by atoms with Crippen LogP contribution >= 0.6 is 0 Å². The monoisotopic (exact) mass is 570 g/mol. The summed E-state index contributed by atoms with van der Waals surface area (Å²) < 4.78 is 27.8. The van der Waals surface area contributed by atoms with Gasteiger partial charge < -0.3 is 15.0 Å². The first-order chi connectivity index (χ1) is 20.3. The number of nitrogens with one attached hydrogen (secondary N) is 1. The highest BCUT2D eigenvalue weighted by atomic mass is 19.1. The first kappa shape index (κ1) is 28.2. The first-order valence-electron chi connectivity index (χ1n) is 14.7. The highest BCUT2D eigenvalue weighted by Crippen LogP contribution is 2.41. The van der Waals surface area contributed by atoms with Gasteiger partial charge >= 0.3 is 0 Å². The zero-order chi connectivity index (χ0) is 29.4. The van der Waals surface area contributed by atoms with Crippen molar-refractivity contribution in [2.24, 2.45) is 10.9 Å². The molecule has 2 N–H and O–H groups in total. The van der Waals surface area contributed by atoms with Gasteiger partial charge in [-0.15, -0.1) is 0 Å². The minimum absolute atomic E-state index is 0.0857. The Morgan fingerprint density at radius 3 is 2.12 bits per heavy atom. The summed E-state index contributed by atoms with van der Waals surface area (Å²) in [6, 6.07) is 19.8. The van der Waals surface area contributed by atoms with Crippen molar-refractivity contribution in [1.29, 1.82) is 0 Å². The lowest BCUT2D eigenvalue weighted by atomic mass is 9.82. The Hall–Kier alpha value is -3.88. The Kier molecular flexibility index (Phi) is 7.68. The predicted octanol–water partition coefficient (Wildman–Crippen LogP) is 5.83. The van der Waals surface area contributed by atoms with Crippen LogP contribution in [0.5, 0.6) is 0 Å². The van der Waals surface area contributed by atoms with Gasteiger partial charge in [-0.25, -0.2) is 13.8 Å². The molecule has 2 aliphatic heterocycles. The van der Waals surface area contributed by atoms with E-state index in [2.05, 4.69) is 34.3 Å². The molecule has 1 unspecified atom stereocenters. The maximum absolute atomic E-state index is 14.3. The Labute approximate surface area is 244 Å². The van der Waals surface area contributed by atoms with Crippen molar-refractivity contribution in [3.63, 3.8) is 0 Å². The molecule has 0 radical (unpaired) electrons. The van der Waals surface area contributed by atoms with Gasteiger partial charge in [0.1, 0.15) is 17.5 Å². The molecule has 218 valence electrons. The molecule has 1 aromatic heterocycles. The summed E-state index contributed by atoms with van der Waals surface area (Å²) in [5.74, 6) is -0.288. The highest BCUT2D eigenvalue weighted by Gasteiger charge is 2.51. The summed E-state index contributed by atoms with van der Waals surface area (Å²) in [6.07, 6.45) is 3.32. The number of benzene rings is 3. The van der Waals surface area contributed by atoms with Crippen LogP contribution in [-0.2, 0) is 10.3 Å². The fraction of sp³-hybridized carbons (Fsp3) is 0.353. The molecule has 1 amide bonds. The molecule has 4 aromatic rings. The van der Waals surface area contributed by atoms with E-state index in [0.717, 1.165) is 31.4 Å². The molecule has 0 bridgehead atoms. The predicted molar refractivity (Wildman–Crippen MR) is 160 cm³/mol. The topological polar surface area (TPSA) is 71.9 Å². The zero-order valence-corrected chi connectivity index (χ0v) is 23.9. The smallest absolute Gasteiger partial charge is 0.265 e. The number of nitrogens with zero attached hydrogens (tertiary/aromatic N) is 3. The number of carbonyl (C=O) groups is 1. The number of hydrogen-bond acceptors (Lipinski definition) is 4. The maximum Gasteiger partial charge on any atom is 0.265 e. The minimum Gasteiger partial charge on any atom is -0.390 e. The number of aliphatic hydroxyl groups is 1. The largest absolute Gasteiger partial charge is 0.390 e. The number of piperidine rings is 1. The van der Waals surface area contributed by atoms with Crippen LogP contribution in [0.25, 0.3) is 10.9 Å². The molecule has 2 aliphatic rings. The van der Waals surface area contributed by atoms with Gasteiger partial charge in [-0.3, -0.25) is 9.69 Å². The molecule has 8 heteroatoms. The number of rotatable bonds is 8. The Bertz CT molecular complexity index is 1540. The zero-order valence-electron chi connectivity index (χ0n) is 23.9. The van der Waals surface area contributed by atoms with Gasteiger partial charge in [0.2, 0.25) is 0 Å². The molecule has 1 saturated heterocycles. The van der Waals surface area contributed by atoms with E-state index in [1.54, 1.807) is 29.2 Å². The summed E-state index contributed by atoms with van der Waals surface area (Å²) in [5.41, 5.74) is 2.01. The van der Waals surface area contributed by atoms with Crippen LogP contribution in [0.4, 0.5) is 8.78 Å². The van der Waals surface area contributed by atoms with E-state index in [0.29, 0.717) is 29.4 Å². The number of hydrogen-bond donors (Lipinski definition) is 2. The summed E-state index contributed by atoms with van der Waals surface area (Å²) >= 11 is 0. The normalized spacial score (nSPS) is 18.7. The molecule has 1 fully saturated rings. The summed E-state index contributed by atoms with van der Waals surface area (Å²) in [7, 11) is 0. The number of amides is 1. The van der Waals surface area contributed by atoms with Gasteiger partial charge in [-0.1, -0.05) is 56.3 Å². The van der Waals surface area contributed by atoms with Gasteiger partial charge in [-0.05, 0) is 78.9 Å². The van der Waals surface area contributed by atoms with E-state index < -0.39 is 23.3 Å². The SMILES string of the molecule is CC(C)C1=NC(c2ccc(F)cc2)(c2ccc(F)cc2)C(=O)N1CC(O)CN1CCC(c2c[nH]c3ccccc23)CC1. The highest BCUT2D eigenvalue weighted by molar-refractivity contribution is 6.11. The van der Waals surface area contributed by atoms with Crippen LogP contribution in [0.2, 0.25) is 0 Å². The number of H-pyrrole nitrogens is 1. The van der Waals surface area contributed by atoms with Gasteiger partial charge in [0.05, 0.1) is 12.6 Å². The number of para-hydroxylation sites is 1. The Morgan fingerprint density at radius 1 is 0.929 bits per heavy atom. The van der Waals surface area contributed by atoms with Crippen LogP contribution in [-0.4, -0.2) is 63.9 Å². The second kappa shape index (κ2) is 11.4. The molecular formula is C34H36F2N4O2. The van der Waals surface area contributed by atoms with Crippen molar-refractivity contribution in [3.05, 3.63) is 107 Å². The number of fused-ring (bicyclic) bond motifs is 1. The van der Waals surface area contributed by atoms with Crippen LogP contribution in [0.1, 0.15) is 49.3 Å². The van der Waals surface area contributed by atoms with E-state index in [9.17, 15) is 18.7 Å². The van der Waals surface area contributed by atoms with Gasteiger partial charge in [-0.2, -0.15) is 0 Å². The third-order valence-corrected chi connectivity index (χ3v) is 8.66. The van der Waals surface area contributed by atoms with Crippen LogP contribution < -0.4 is 0 Å². The third-order valence-electron chi connectivity index (χ3n) is 8.66. The molecular weight excluding hydrogens is 534 g/mol. The number of aromatic amines is 1. The summed E-state index contributed by atoms with van der Waals surface area (Å²) in [4.78, 5) is 26.5. The Morgan fingerprint density at radius 2 is 1.52 bits per heavy atom. The lowest BCUT2D eigenvalue weighted by Crippen LogP contribution is -2.48. The summed E-state index contributed by atoms with van der Waals surface area (Å²) in [6.45, 7) is 6.14. The fourth-order valence-electron chi connectivity index (χ4n) is 6.55. The van der Waals surface area contributed by atoms with E-state index in [-0.39, 0.29) is 18.4 Å². The lowest BCUT2D eigenvalue weighted by Gasteiger charge is -2.34. The summed E-state index contributed by atoms with van der Waals surface area (Å²) in [5, 5.41) is 12.5. The van der Waals surface area contributed by atoms with Crippen molar-refractivity contribution < 1.29 is 18.7 Å². The first-order valence-corrected chi connectivity index (χ1v) is 14.7. The van der Waals surface area contributed by atoms with Crippen LogP contribution in [0.15, 0.2) is 84.0 Å². The number of amidine groups is 1. The molecule has 6 rings (SSSR count). The number of halogens is 2. The van der Waals surface area contributed by atoms with Crippen molar-refractivity contribution in [1.82, 2.24) is 14.8 Å². The number of aromatic nitrogens is 1. The van der Waals surface area contributed by atoms with Crippen molar-refractivity contribution in [2.45, 2.75) is 44.2 Å². The van der Waals surface area contributed by atoms with Gasteiger partial charge in [0.25, 0.3) is 5.91 Å². The number of carbonyl (C=O) groups excluding carboxylic acids is 1. The quantitative estimate of drug-likeness (QED) is 0.280. The average Bonchev–Trinajstić information content (AvgIpc) is 3.54. The van der Waals surface area contributed by atoms with Crippen molar-refractivity contribution in [2.75, 3.05) is 26.2 Å². The average molecular weight is 571 g/mol. The van der Waals surface area contributed by atoms with Crippen LogP contribution in [0.3, 0.4) is 0 Å². The van der Waals surface area contributed by atoms with Gasteiger partial charge in [0, 0.05) is 29.6 Å². The van der Waals surface area contributed by atoms with E-state index in [4.69, 9.17) is 4.99 Å². The molecule has 6 nitrogen and oxygen atoms in total. The van der Waals surface area contributed by atoms with Crippen LogP contribution in [0, 0.1) is 17.6 Å². The molecule has 3 aromatic carbocycles. The maximum atomic E-state index is 14.3. The fourth-order valence-corrected chi connectivity index (χ4v) is 6.55. The number of β-amino-alcohol motifs (C(OH)–C–C–N with tert-alkyl or cyclic N) is 1. The molecule has 0 saturated carbocycles. The number of aliphatic imine (C=N–C) groups is 1. The Balaban J connectivity index is 1.19. The third kappa shape index (κ3) is 5.14. The second-order valence-corrected chi connectivity index (χ2v) is 11.8. The van der Waals surface area contributed by atoms with E-state index in [1.165, 1.54) is 35.2 Å². The standard InChI is InChI=1S/C34H36F2N4O2/c1-22(2)32-38-34(24-7-11-26(35)12-8-24,25-9-13-27(36)14-10-25)33(42)40(32)21-28(41)20-39-17-15-23(16-18-39)30-19-37-31-6-4-3-5-29(30)31/h3-14,19,22-23,28,37,41H,15-18,20-21H2,1-2H3. The molecule has 0 aliphatic carbocycles. The van der Waals surface area contributed by atoms with E-state index in [1.807, 2.05) is 19.9 Å². The number of aliphatic hydroxyl groups excluding tert-OH is 1. The number of likely N-dealkylation sites (tertiary alicyclic amines) is 1. The molecule has 0 spiro atoms. The lowest BCUT2D eigenvalue weighted by molar-refractivity contribution is -0.131. The molecule has 1 atom stereocenters. The van der Waals surface area contributed by atoms with Crippen molar-refractivity contribution >= 4 is 22.6 Å². The molecule has 3 heterocycles. The minimum atomic E-state index is -1.49.